The summed E-state index contributed by atoms with van der Waals surface area (Å²) in [7, 11) is 0. The molecule has 0 saturated carbocycles. The van der Waals surface area contributed by atoms with Crippen molar-refractivity contribution in [1.82, 2.24) is 9.78 Å². The van der Waals surface area contributed by atoms with E-state index in [0.29, 0.717) is 12.0 Å². The predicted octanol–water partition coefficient (Wildman–Crippen LogP) is 4.37. The van der Waals surface area contributed by atoms with Crippen molar-refractivity contribution in [1.29, 1.82) is 0 Å². The van der Waals surface area contributed by atoms with Gasteiger partial charge >= 0.3 is 0 Å². The first-order chi connectivity index (χ1) is 9.97. The summed E-state index contributed by atoms with van der Waals surface area (Å²) in [6, 6.07) is 4.43. The Kier molecular flexibility index (Phi) is 5.57. The minimum Gasteiger partial charge on any atom is -0.324 e. The number of nitrogens with two attached hydrogens (primary N) is 1. The molecule has 0 amide bonds. The molecule has 1 unspecified atom stereocenters. The van der Waals surface area contributed by atoms with E-state index in [1.165, 1.54) is 6.07 Å². The lowest BCUT2D eigenvalue weighted by Gasteiger charge is -2.15. The van der Waals surface area contributed by atoms with Gasteiger partial charge in [-0.2, -0.15) is 5.10 Å². The van der Waals surface area contributed by atoms with Gasteiger partial charge in [-0.05, 0) is 47.5 Å². The molecule has 1 aromatic carbocycles. The fourth-order valence-electron chi connectivity index (χ4n) is 2.33. The van der Waals surface area contributed by atoms with Crippen LogP contribution in [0.4, 0.5) is 4.39 Å². The summed E-state index contributed by atoms with van der Waals surface area (Å²) >= 11 is 6.95. The van der Waals surface area contributed by atoms with Gasteiger partial charge in [0.15, 0.2) is 0 Å². The Morgan fingerprint density at radius 3 is 2.67 bits per heavy atom. The average Bonchev–Trinajstić information content (AvgIpc) is 2.77. The molecular weight excluding hydrogens is 401 g/mol. The summed E-state index contributed by atoms with van der Waals surface area (Å²) < 4.78 is 17.7. The van der Waals surface area contributed by atoms with Crippen molar-refractivity contribution in [3.8, 4) is 0 Å². The molecule has 0 aliphatic heterocycles. The van der Waals surface area contributed by atoms with Crippen LogP contribution in [0.2, 0.25) is 0 Å². The van der Waals surface area contributed by atoms with Gasteiger partial charge in [-0.15, -0.1) is 0 Å². The molecule has 3 nitrogen and oxygen atoms in total. The van der Waals surface area contributed by atoms with E-state index in [4.69, 9.17) is 5.73 Å². The van der Waals surface area contributed by atoms with E-state index in [0.717, 1.165) is 33.3 Å². The third kappa shape index (κ3) is 3.55. The summed E-state index contributed by atoms with van der Waals surface area (Å²) in [5.74, 6) is -0.278. The van der Waals surface area contributed by atoms with Gasteiger partial charge in [0.1, 0.15) is 5.82 Å². The summed E-state index contributed by atoms with van der Waals surface area (Å²) in [5.41, 5.74) is 8.75. The number of nitrogens with zero attached hydrogens (tertiary/aromatic N) is 2. The van der Waals surface area contributed by atoms with Gasteiger partial charge in [0.05, 0.1) is 15.9 Å². The average molecular weight is 419 g/mol. The van der Waals surface area contributed by atoms with Crippen LogP contribution in [0.15, 0.2) is 27.1 Å². The maximum Gasteiger partial charge on any atom is 0.128 e. The maximum atomic E-state index is 13.9. The molecule has 0 fully saturated rings. The Morgan fingerprint density at radius 2 is 2.05 bits per heavy atom. The quantitative estimate of drug-likeness (QED) is 0.783. The van der Waals surface area contributed by atoms with Gasteiger partial charge in [0.25, 0.3) is 0 Å². The van der Waals surface area contributed by atoms with Crippen LogP contribution >= 0.6 is 31.9 Å². The highest BCUT2D eigenvalue weighted by atomic mass is 79.9. The topological polar surface area (TPSA) is 43.8 Å². The number of aromatic nitrogens is 2. The van der Waals surface area contributed by atoms with Crippen molar-refractivity contribution in [2.45, 2.75) is 39.3 Å². The fraction of sp³-hybridized carbons (Fsp3) is 0.400. The zero-order chi connectivity index (χ0) is 15.6. The first-order valence-electron chi connectivity index (χ1n) is 6.92. The molecule has 1 aromatic heterocycles. The number of benzene rings is 1. The SMILES string of the molecule is CCc1nn(CC)c(CC(N)c2cc(Br)ccc2F)c1Br. The Labute approximate surface area is 141 Å². The summed E-state index contributed by atoms with van der Waals surface area (Å²) in [6.07, 6.45) is 1.38. The molecule has 0 bridgehead atoms. The van der Waals surface area contributed by atoms with Crippen LogP contribution in [-0.4, -0.2) is 9.78 Å². The third-order valence-corrected chi connectivity index (χ3v) is 4.87. The Bertz CT molecular complexity index is 640. The van der Waals surface area contributed by atoms with Gasteiger partial charge in [0, 0.05) is 29.0 Å². The highest BCUT2D eigenvalue weighted by molar-refractivity contribution is 9.10. The molecule has 0 radical (unpaired) electrons. The van der Waals surface area contributed by atoms with E-state index >= 15 is 0 Å². The van der Waals surface area contributed by atoms with Gasteiger partial charge in [-0.25, -0.2) is 4.39 Å². The summed E-state index contributed by atoms with van der Waals surface area (Å²) in [5, 5.41) is 4.54. The molecule has 2 rings (SSSR count). The second kappa shape index (κ2) is 7.03. The smallest absolute Gasteiger partial charge is 0.128 e. The number of rotatable bonds is 5. The number of hydrogen-bond acceptors (Lipinski definition) is 2. The largest absolute Gasteiger partial charge is 0.324 e. The van der Waals surface area contributed by atoms with E-state index in [2.05, 4.69) is 43.9 Å². The molecule has 0 spiro atoms. The molecule has 2 N–H and O–H groups in total. The zero-order valence-corrected chi connectivity index (χ0v) is 15.2. The lowest BCUT2D eigenvalue weighted by Crippen LogP contribution is -2.17. The molecule has 0 aliphatic rings. The van der Waals surface area contributed by atoms with Gasteiger partial charge in [0.2, 0.25) is 0 Å². The van der Waals surface area contributed by atoms with Crippen molar-refractivity contribution in [3.63, 3.8) is 0 Å². The molecule has 1 heterocycles. The second-order valence-electron chi connectivity index (χ2n) is 4.85. The Balaban J connectivity index is 2.33. The fourth-order valence-corrected chi connectivity index (χ4v) is 3.43. The maximum absolute atomic E-state index is 13.9. The minimum atomic E-state index is -0.412. The Hall–Kier alpha value is -0.720. The van der Waals surface area contributed by atoms with Crippen LogP contribution in [0.3, 0.4) is 0 Å². The van der Waals surface area contributed by atoms with E-state index < -0.39 is 6.04 Å². The molecule has 0 aliphatic carbocycles. The summed E-state index contributed by atoms with van der Waals surface area (Å²) in [6.45, 7) is 4.86. The zero-order valence-electron chi connectivity index (χ0n) is 12.0. The summed E-state index contributed by atoms with van der Waals surface area (Å²) in [4.78, 5) is 0. The third-order valence-electron chi connectivity index (χ3n) is 3.46. The minimum absolute atomic E-state index is 0.278. The van der Waals surface area contributed by atoms with Crippen LogP contribution in [0.25, 0.3) is 0 Å². The highest BCUT2D eigenvalue weighted by Crippen LogP contribution is 2.28. The van der Waals surface area contributed by atoms with Crippen LogP contribution in [0.1, 0.15) is 36.8 Å². The molecule has 2 aromatic rings. The number of halogens is 3. The van der Waals surface area contributed by atoms with Crippen LogP contribution in [-0.2, 0) is 19.4 Å². The normalized spacial score (nSPS) is 12.7. The lowest BCUT2D eigenvalue weighted by atomic mass is 10.0. The number of hydrogen-bond donors (Lipinski definition) is 1. The van der Waals surface area contributed by atoms with Gasteiger partial charge < -0.3 is 5.73 Å². The van der Waals surface area contributed by atoms with Crippen molar-refractivity contribution in [3.05, 3.63) is 49.9 Å². The van der Waals surface area contributed by atoms with Crippen molar-refractivity contribution >= 4 is 31.9 Å². The highest BCUT2D eigenvalue weighted by Gasteiger charge is 2.19. The first-order valence-corrected chi connectivity index (χ1v) is 8.51. The van der Waals surface area contributed by atoms with E-state index in [1.807, 2.05) is 11.6 Å². The number of aryl methyl sites for hydroxylation is 2. The first kappa shape index (κ1) is 16.6. The van der Waals surface area contributed by atoms with Crippen molar-refractivity contribution in [2.24, 2.45) is 5.73 Å². The van der Waals surface area contributed by atoms with Gasteiger partial charge in [-0.3, -0.25) is 4.68 Å². The second-order valence-corrected chi connectivity index (χ2v) is 6.56. The van der Waals surface area contributed by atoms with E-state index in [1.54, 1.807) is 12.1 Å². The monoisotopic (exact) mass is 417 g/mol. The molecule has 114 valence electrons. The standard InChI is InChI=1S/C15H18Br2FN3/c1-3-13-15(17)14(21(4-2)20-13)8-12(19)10-7-9(16)5-6-11(10)18/h5-7,12H,3-4,8,19H2,1-2H3. The van der Waals surface area contributed by atoms with Crippen LogP contribution < -0.4 is 5.73 Å². The van der Waals surface area contributed by atoms with Crippen LogP contribution in [0.5, 0.6) is 0 Å². The molecule has 21 heavy (non-hydrogen) atoms. The van der Waals surface area contributed by atoms with Crippen molar-refractivity contribution in [2.75, 3.05) is 0 Å². The Morgan fingerprint density at radius 1 is 1.33 bits per heavy atom. The van der Waals surface area contributed by atoms with Gasteiger partial charge in [-0.1, -0.05) is 22.9 Å². The molecule has 6 heteroatoms. The lowest BCUT2D eigenvalue weighted by molar-refractivity contribution is 0.554. The van der Waals surface area contributed by atoms with Crippen LogP contribution in [0, 0.1) is 5.82 Å². The van der Waals surface area contributed by atoms with E-state index in [-0.39, 0.29) is 5.82 Å². The van der Waals surface area contributed by atoms with E-state index in [9.17, 15) is 4.39 Å². The molecule has 0 saturated heterocycles. The van der Waals surface area contributed by atoms with Crippen molar-refractivity contribution < 1.29 is 4.39 Å². The molecule has 1 atom stereocenters. The molecular formula is C15H18Br2FN3. The predicted molar refractivity (Wildman–Crippen MR) is 89.7 cm³/mol.